The first-order chi connectivity index (χ1) is 19.7. The Morgan fingerprint density at radius 1 is 1.20 bits per heavy atom. The number of aliphatic hydroxyl groups excluding tert-OH is 1. The number of aromatic nitrogens is 2. The summed E-state index contributed by atoms with van der Waals surface area (Å²) in [5.74, 6) is -0.103. The van der Waals surface area contributed by atoms with Gasteiger partial charge < -0.3 is 19.9 Å². The number of hydrogen-bond donors (Lipinski definition) is 3. The molecule has 2 aliphatic carbocycles. The Balaban J connectivity index is 1.23. The number of benzene rings is 1. The molecule has 3 aromatic rings. The minimum absolute atomic E-state index is 0.0402. The molecule has 3 fully saturated rings. The molecule has 218 valence electrons. The molecule has 3 N–H and O–H groups in total. The predicted octanol–water partition coefficient (Wildman–Crippen LogP) is 5.42. The Hall–Kier alpha value is -3.15. The Morgan fingerprint density at radius 3 is 2.68 bits per heavy atom. The van der Waals surface area contributed by atoms with Gasteiger partial charge in [-0.15, -0.1) is 11.3 Å². The molecule has 1 saturated heterocycles. The summed E-state index contributed by atoms with van der Waals surface area (Å²) in [6.45, 7) is 5.70. The molecule has 2 amide bonds. The van der Waals surface area contributed by atoms with E-state index in [0.29, 0.717) is 31.6 Å². The number of carbonyl (C=O) groups is 2. The lowest BCUT2D eigenvalue weighted by Crippen LogP contribution is -2.42. The number of likely N-dealkylation sites (tertiary alicyclic amines) is 1. The van der Waals surface area contributed by atoms with Crippen LogP contribution in [0.5, 0.6) is 0 Å². The number of halogens is 2. The van der Waals surface area contributed by atoms with Crippen molar-refractivity contribution in [1.82, 2.24) is 19.8 Å². The molecule has 0 radical (unpaired) electrons. The van der Waals surface area contributed by atoms with Crippen molar-refractivity contribution in [2.75, 3.05) is 18.4 Å². The summed E-state index contributed by atoms with van der Waals surface area (Å²) < 4.78 is 28.3. The number of alkyl halides is 2. The molecular weight excluding hydrogens is 548 g/mol. The van der Waals surface area contributed by atoms with E-state index in [0.717, 1.165) is 72.9 Å². The molecule has 41 heavy (non-hydrogen) atoms. The number of anilines is 1. The molecule has 11 heteroatoms. The number of carbonyl (C=O) groups excluding carboxylic acids is 2. The highest BCUT2D eigenvalue weighted by molar-refractivity contribution is 7.14. The maximum absolute atomic E-state index is 13.1. The van der Waals surface area contributed by atoms with Gasteiger partial charge in [-0.05, 0) is 86.3 Å². The van der Waals surface area contributed by atoms with E-state index in [4.69, 9.17) is 4.98 Å². The summed E-state index contributed by atoms with van der Waals surface area (Å²) in [7, 11) is 0. The number of rotatable bonds is 8. The molecule has 2 aromatic heterocycles. The maximum Gasteiger partial charge on any atom is 0.272 e. The van der Waals surface area contributed by atoms with Gasteiger partial charge in [0.2, 0.25) is 11.9 Å². The molecule has 8 nitrogen and oxygen atoms in total. The smallest absolute Gasteiger partial charge is 0.272 e. The van der Waals surface area contributed by atoms with Gasteiger partial charge >= 0.3 is 0 Å². The topological polar surface area (TPSA) is 99.5 Å². The lowest BCUT2D eigenvalue weighted by atomic mass is 9.64. The van der Waals surface area contributed by atoms with Crippen LogP contribution in [-0.2, 0) is 11.3 Å². The normalized spacial score (nSPS) is 26.0. The van der Waals surface area contributed by atoms with E-state index in [2.05, 4.69) is 27.8 Å². The number of aliphatic hydroxyl groups is 1. The fraction of sp³-hybridized carbons (Fsp3) is 0.500. The second-order valence-corrected chi connectivity index (χ2v) is 12.9. The van der Waals surface area contributed by atoms with Crippen LogP contribution < -0.4 is 10.6 Å². The summed E-state index contributed by atoms with van der Waals surface area (Å²) in [4.78, 5) is 32.0. The Labute approximate surface area is 241 Å². The van der Waals surface area contributed by atoms with Gasteiger partial charge in [-0.2, -0.15) is 0 Å². The minimum Gasteiger partial charge on any atom is -0.393 e. The van der Waals surface area contributed by atoms with Crippen molar-refractivity contribution < 1.29 is 23.5 Å². The highest BCUT2D eigenvalue weighted by Crippen LogP contribution is 2.55. The number of nitrogens with zero attached hydrogens (tertiary/aromatic N) is 3. The third kappa shape index (κ3) is 5.67. The zero-order valence-corrected chi connectivity index (χ0v) is 23.6. The van der Waals surface area contributed by atoms with Crippen LogP contribution in [0.4, 0.5) is 14.7 Å². The SMILES string of the molecule is C=CC(=O)N1CC[C@]2(C1)C[C@H](n1c(NC(=O)c3ccc(C(F)F)s3)nc3cc(CN[C@H]4CC[C@H](O)CC4)ccc31)C2. The zero-order chi connectivity index (χ0) is 28.7. The van der Waals surface area contributed by atoms with Crippen molar-refractivity contribution in [2.24, 2.45) is 5.41 Å². The van der Waals surface area contributed by atoms with Crippen LogP contribution in [0.25, 0.3) is 11.0 Å². The first-order valence-corrected chi connectivity index (χ1v) is 15.1. The molecule has 0 atom stereocenters. The van der Waals surface area contributed by atoms with Crippen molar-refractivity contribution in [3.8, 4) is 0 Å². The van der Waals surface area contributed by atoms with Crippen molar-refractivity contribution in [3.05, 3.63) is 58.3 Å². The molecule has 0 unspecified atom stereocenters. The van der Waals surface area contributed by atoms with E-state index < -0.39 is 12.3 Å². The van der Waals surface area contributed by atoms with E-state index in [-0.39, 0.29) is 33.2 Å². The van der Waals surface area contributed by atoms with Crippen LogP contribution in [0.2, 0.25) is 0 Å². The van der Waals surface area contributed by atoms with Crippen LogP contribution >= 0.6 is 11.3 Å². The van der Waals surface area contributed by atoms with Gasteiger partial charge in [0.1, 0.15) is 0 Å². The van der Waals surface area contributed by atoms with Crippen molar-refractivity contribution in [3.63, 3.8) is 0 Å². The fourth-order valence-electron chi connectivity index (χ4n) is 6.72. The van der Waals surface area contributed by atoms with Gasteiger partial charge in [-0.3, -0.25) is 14.9 Å². The Kier molecular flexibility index (Phi) is 7.69. The van der Waals surface area contributed by atoms with Crippen molar-refractivity contribution in [1.29, 1.82) is 0 Å². The Morgan fingerprint density at radius 2 is 1.98 bits per heavy atom. The highest BCUT2D eigenvalue weighted by Gasteiger charge is 2.50. The largest absolute Gasteiger partial charge is 0.393 e. The van der Waals surface area contributed by atoms with E-state index in [9.17, 15) is 23.5 Å². The molecule has 6 rings (SSSR count). The van der Waals surface area contributed by atoms with E-state index in [1.54, 1.807) is 0 Å². The third-order valence-corrected chi connectivity index (χ3v) is 10.1. The van der Waals surface area contributed by atoms with Gasteiger partial charge in [0, 0.05) is 31.7 Å². The molecule has 1 aromatic carbocycles. The molecule has 1 aliphatic heterocycles. The van der Waals surface area contributed by atoms with Gasteiger partial charge in [-0.25, -0.2) is 13.8 Å². The zero-order valence-electron chi connectivity index (χ0n) is 22.8. The first kappa shape index (κ1) is 28.0. The van der Waals surface area contributed by atoms with Crippen LogP contribution in [-0.4, -0.2) is 56.6 Å². The van der Waals surface area contributed by atoms with Crippen molar-refractivity contribution >= 4 is 40.1 Å². The number of amides is 2. The molecule has 3 aliphatic rings. The maximum atomic E-state index is 13.1. The molecule has 3 heterocycles. The summed E-state index contributed by atoms with van der Waals surface area (Å²) in [6, 6.07) is 9.30. The van der Waals surface area contributed by atoms with Crippen LogP contribution in [0.15, 0.2) is 43.0 Å². The predicted molar refractivity (Wildman–Crippen MR) is 154 cm³/mol. The number of hydrogen-bond acceptors (Lipinski definition) is 6. The van der Waals surface area contributed by atoms with Crippen molar-refractivity contribution in [2.45, 2.75) is 76.1 Å². The number of fused-ring (bicyclic) bond motifs is 1. The van der Waals surface area contributed by atoms with Crippen LogP contribution in [0.1, 0.15) is 77.5 Å². The molecule has 0 bridgehead atoms. The second-order valence-electron chi connectivity index (χ2n) is 11.7. The Bertz CT molecular complexity index is 1460. The van der Waals surface area contributed by atoms with Crippen LogP contribution in [0, 0.1) is 5.41 Å². The number of nitrogens with one attached hydrogen (secondary N) is 2. The second kappa shape index (κ2) is 11.3. The summed E-state index contributed by atoms with van der Waals surface area (Å²) >= 11 is 0.784. The monoisotopic (exact) mass is 583 g/mol. The van der Waals surface area contributed by atoms with Crippen LogP contribution in [0.3, 0.4) is 0 Å². The van der Waals surface area contributed by atoms with Gasteiger partial charge in [0.25, 0.3) is 12.3 Å². The van der Waals surface area contributed by atoms with E-state index in [1.807, 2.05) is 17.0 Å². The lowest BCUT2D eigenvalue weighted by Gasteiger charge is -2.46. The first-order valence-electron chi connectivity index (χ1n) is 14.3. The summed E-state index contributed by atoms with van der Waals surface area (Å²) in [5, 5.41) is 16.3. The number of imidazole rings is 1. The average molecular weight is 584 g/mol. The third-order valence-electron chi connectivity index (χ3n) is 8.96. The molecule has 2 saturated carbocycles. The van der Waals surface area contributed by atoms with Gasteiger partial charge in [0.05, 0.1) is 26.9 Å². The molecular formula is C30H35F2N5O3S. The van der Waals surface area contributed by atoms with Gasteiger partial charge in [-0.1, -0.05) is 12.6 Å². The quantitative estimate of drug-likeness (QED) is 0.308. The average Bonchev–Trinajstić information content (AvgIpc) is 3.68. The highest BCUT2D eigenvalue weighted by atomic mass is 32.1. The number of thiophene rings is 1. The summed E-state index contributed by atoms with van der Waals surface area (Å²) in [6.07, 6.45) is 4.71. The fourth-order valence-corrected chi connectivity index (χ4v) is 7.48. The van der Waals surface area contributed by atoms with E-state index in [1.165, 1.54) is 18.2 Å². The minimum atomic E-state index is -2.62. The summed E-state index contributed by atoms with van der Waals surface area (Å²) in [5.41, 5.74) is 2.78. The lowest BCUT2D eigenvalue weighted by molar-refractivity contribution is -0.125. The molecule has 1 spiro atoms. The van der Waals surface area contributed by atoms with E-state index >= 15 is 0 Å². The standard InChI is InChI=1S/C30H35F2N5O3S/c1-2-26(39)36-12-11-30(17-36)14-20(15-30)37-23-8-3-18(16-33-19-4-6-21(38)7-5-19)13-22(23)34-29(37)35-28(40)25-10-9-24(41-25)27(31)32/h2-3,8-10,13,19-21,27,33,38H,1,4-7,11-12,14-17H2,(H,34,35,40)/t19-,20-,21-,30-. The van der Waals surface area contributed by atoms with Gasteiger partial charge in [0.15, 0.2) is 0 Å².